The van der Waals surface area contributed by atoms with Gasteiger partial charge in [-0.25, -0.2) is 0 Å². The van der Waals surface area contributed by atoms with Crippen LogP contribution in [-0.4, -0.2) is 62.2 Å². The number of aliphatic hydroxyl groups excluding tert-OH is 5. The standard InChI is InChI=1S/C6HCl5O.C5H12O5/c7-1-2(8)4(10)6(12)5(11)3(1)9;6-1-3(8)5(10)4(9)2-7/h12H;3-10H,1-2H2/t;3-,4+,5?. The molecule has 0 aromatic heterocycles. The number of benzene rings is 1. The van der Waals surface area contributed by atoms with Crippen LogP contribution in [0.4, 0.5) is 0 Å². The lowest BCUT2D eigenvalue weighted by Crippen LogP contribution is -2.41. The molecule has 6 N–H and O–H groups in total. The van der Waals surface area contributed by atoms with E-state index in [-0.39, 0.29) is 30.9 Å². The molecule has 1 unspecified atom stereocenters. The number of hydrogen-bond donors (Lipinski definition) is 6. The molecule has 0 heterocycles. The van der Waals surface area contributed by atoms with Gasteiger partial charge < -0.3 is 30.6 Å². The summed E-state index contributed by atoms with van der Waals surface area (Å²) in [6.07, 6.45) is -4.29. The molecule has 0 aliphatic rings. The second kappa shape index (κ2) is 10.2. The van der Waals surface area contributed by atoms with Crippen molar-refractivity contribution in [2.75, 3.05) is 13.2 Å². The molecule has 3 atom stereocenters. The van der Waals surface area contributed by atoms with Gasteiger partial charge in [0.1, 0.15) is 28.4 Å². The molecule has 1 aromatic rings. The SMILES string of the molecule is OC[C@@H](O)C(O)[C@@H](O)CO.Oc1c(Cl)c(Cl)c(Cl)c(Cl)c1Cl. The first kappa shape index (κ1) is 22.3. The van der Waals surface area contributed by atoms with Gasteiger partial charge in [0.15, 0.2) is 5.75 Å². The van der Waals surface area contributed by atoms with Crippen LogP contribution in [0.15, 0.2) is 0 Å². The average Bonchev–Trinajstić information content (AvgIpc) is 2.54. The number of phenols is 1. The van der Waals surface area contributed by atoms with Gasteiger partial charge in [-0.15, -0.1) is 0 Å². The zero-order chi connectivity index (χ0) is 17.6. The summed E-state index contributed by atoms with van der Waals surface area (Å²) < 4.78 is 0. The molecular weight excluding hydrogens is 405 g/mol. The zero-order valence-electron chi connectivity index (χ0n) is 10.7. The Balaban J connectivity index is 0.000000409. The van der Waals surface area contributed by atoms with Crippen LogP contribution in [-0.2, 0) is 0 Å². The lowest BCUT2D eigenvalue weighted by Gasteiger charge is -2.19. The molecule has 0 saturated heterocycles. The quantitative estimate of drug-likeness (QED) is 0.327. The van der Waals surface area contributed by atoms with Crippen molar-refractivity contribution in [2.45, 2.75) is 18.3 Å². The molecule has 1 rings (SSSR count). The Hall–Kier alpha value is 0.270. The van der Waals surface area contributed by atoms with Gasteiger partial charge in [0.05, 0.1) is 28.3 Å². The Morgan fingerprint density at radius 2 is 0.909 bits per heavy atom. The highest BCUT2D eigenvalue weighted by molar-refractivity contribution is 6.55. The van der Waals surface area contributed by atoms with Crippen molar-refractivity contribution in [1.29, 1.82) is 0 Å². The molecule has 1 aromatic carbocycles. The van der Waals surface area contributed by atoms with Crippen molar-refractivity contribution < 1.29 is 30.6 Å². The molecule has 0 aliphatic carbocycles. The molecule has 22 heavy (non-hydrogen) atoms. The fraction of sp³-hybridized carbons (Fsp3) is 0.455. The van der Waals surface area contributed by atoms with E-state index >= 15 is 0 Å². The Morgan fingerprint density at radius 3 is 1.18 bits per heavy atom. The van der Waals surface area contributed by atoms with E-state index in [1.54, 1.807) is 0 Å². The summed E-state index contributed by atoms with van der Waals surface area (Å²) >= 11 is 27.9. The molecule has 6 nitrogen and oxygen atoms in total. The van der Waals surface area contributed by atoms with Crippen LogP contribution in [0, 0.1) is 0 Å². The van der Waals surface area contributed by atoms with Crippen LogP contribution in [0.25, 0.3) is 0 Å². The van der Waals surface area contributed by atoms with Crippen molar-refractivity contribution in [3.8, 4) is 5.75 Å². The van der Waals surface area contributed by atoms with E-state index in [0.717, 1.165) is 0 Å². The fourth-order valence-electron chi connectivity index (χ4n) is 1.07. The highest BCUT2D eigenvalue weighted by Crippen LogP contribution is 2.47. The van der Waals surface area contributed by atoms with E-state index in [1.165, 1.54) is 0 Å². The van der Waals surface area contributed by atoms with Crippen molar-refractivity contribution >= 4 is 58.0 Å². The van der Waals surface area contributed by atoms with Crippen LogP contribution < -0.4 is 0 Å². The van der Waals surface area contributed by atoms with E-state index in [2.05, 4.69) is 0 Å². The number of phenolic OH excluding ortho intramolecular Hbond substituents is 1. The molecule has 11 heteroatoms. The third-order valence-corrected chi connectivity index (χ3v) is 4.61. The maximum absolute atomic E-state index is 9.20. The van der Waals surface area contributed by atoms with Crippen molar-refractivity contribution in [3.63, 3.8) is 0 Å². The Labute approximate surface area is 151 Å². The summed E-state index contributed by atoms with van der Waals surface area (Å²) in [5.41, 5.74) is 0. The lowest BCUT2D eigenvalue weighted by molar-refractivity contribution is -0.0900. The van der Waals surface area contributed by atoms with Gasteiger partial charge in [-0.05, 0) is 0 Å². The van der Waals surface area contributed by atoms with Crippen LogP contribution >= 0.6 is 58.0 Å². The van der Waals surface area contributed by atoms with Crippen LogP contribution in [0.5, 0.6) is 5.75 Å². The largest absolute Gasteiger partial charge is 0.505 e. The smallest absolute Gasteiger partial charge is 0.155 e. The van der Waals surface area contributed by atoms with Gasteiger partial charge in [0.25, 0.3) is 0 Å². The summed E-state index contributed by atoms with van der Waals surface area (Å²) in [6, 6.07) is 0. The molecular formula is C11H13Cl5O6. The van der Waals surface area contributed by atoms with Crippen molar-refractivity contribution in [2.24, 2.45) is 0 Å². The summed E-state index contributed by atoms with van der Waals surface area (Å²) in [6.45, 7) is -1.28. The van der Waals surface area contributed by atoms with Gasteiger partial charge in [0.2, 0.25) is 0 Å². The van der Waals surface area contributed by atoms with Crippen LogP contribution in [0.1, 0.15) is 0 Å². The lowest BCUT2D eigenvalue weighted by atomic mass is 10.1. The molecule has 0 saturated carbocycles. The number of rotatable bonds is 4. The second-order valence-corrected chi connectivity index (χ2v) is 5.80. The Kier molecular flexibility index (Phi) is 10.3. The minimum absolute atomic E-state index is 0.00904. The predicted molar refractivity (Wildman–Crippen MR) is 85.3 cm³/mol. The molecule has 0 spiro atoms. The fourth-order valence-corrected chi connectivity index (χ4v) is 2.19. The minimum Gasteiger partial charge on any atom is -0.505 e. The topological polar surface area (TPSA) is 121 Å². The normalized spacial score (nSPS) is 14.8. The number of halogens is 5. The molecule has 0 radical (unpaired) electrons. The first-order chi connectivity index (χ1) is 10.1. The summed E-state index contributed by atoms with van der Waals surface area (Å²) in [5, 5.41) is 51.6. The van der Waals surface area contributed by atoms with Crippen LogP contribution in [0.2, 0.25) is 25.1 Å². The van der Waals surface area contributed by atoms with E-state index < -0.39 is 31.5 Å². The van der Waals surface area contributed by atoms with Gasteiger partial charge >= 0.3 is 0 Å². The number of aromatic hydroxyl groups is 1. The maximum Gasteiger partial charge on any atom is 0.155 e. The van der Waals surface area contributed by atoms with E-state index in [9.17, 15) is 5.11 Å². The van der Waals surface area contributed by atoms with E-state index in [0.29, 0.717) is 0 Å². The molecule has 128 valence electrons. The number of aliphatic hydroxyl groups is 5. The average molecular weight is 418 g/mol. The van der Waals surface area contributed by atoms with Crippen molar-refractivity contribution in [1.82, 2.24) is 0 Å². The zero-order valence-corrected chi connectivity index (χ0v) is 14.5. The highest BCUT2D eigenvalue weighted by Gasteiger charge is 2.22. The molecule has 0 fully saturated rings. The third kappa shape index (κ3) is 5.72. The summed E-state index contributed by atoms with van der Waals surface area (Å²) in [4.78, 5) is 0. The maximum atomic E-state index is 9.20. The van der Waals surface area contributed by atoms with Gasteiger partial charge in [-0.2, -0.15) is 0 Å². The predicted octanol–water partition coefficient (Wildman–Crippen LogP) is 1.71. The summed E-state index contributed by atoms with van der Waals surface area (Å²) in [7, 11) is 0. The molecule has 0 aliphatic heterocycles. The highest BCUT2D eigenvalue weighted by atomic mass is 35.5. The van der Waals surface area contributed by atoms with Gasteiger partial charge in [0, 0.05) is 0 Å². The first-order valence-corrected chi connectivity index (χ1v) is 7.45. The van der Waals surface area contributed by atoms with E-state index in [1.807, 2.05) is 0 Å². The van der Waals surface area contributed by atoms with Gasteiger partial charge in [-0.1, -0.05) is 58.0 Å². The second-order valence-electron chi connectivity index (χ2n) is 3.91. The molecule has 0 amide bonds. The number of hydrogen-bond acceptors (Lipinski definition) is 6. The summed E-state index contributed by atoms with van der Waals surface area (Å²) in [5.74, 6) is -0.363. The van der Waals surface area contributed by atoms with E-state index in [4.69, 9.17) is 83.5 Å². The van der Waals surface area contributed by atoms with Crippen LogP contribution in [0.3, 0.4) is 0 Å². The minimum atomic E-state index is -1.49. The van der Waals surface area contributed by atoms with Crippen molar-refractivity contribution in [3.05, 3.63) is 25.1 Å². The van der Waals surface area contributed by atoms with Gasteiger partial charge in [-0.3, -0.25) is 0 Å². The first-order valence-electron chi connectivity index (χ1n) is 5.56. The Morgan fingerprint density at radius 1 is 0.636 bits per heavy atom. The third-order valence-electron chi connectivity index (χ3n) is 2.35. The molecule has 0 bridgehead atoms. The Bertz CT molecular complexity index is 385. The monoisotopic (exact) mass is 416 g/mol.